The van der Waals surface area contributed by atoms with Crippen LogP contribution in [0.4, 0.5) is 4.79 Å². The number of hydrogen-bond donors (Lipinski definition) is 0. The summed E-state index contributed by atoms with van der Waals surface area (Å²) in [6.07, 6.45) is 0.440. The van der Waals surface area contributed by atoms with Crippen LogP contribution < -0.4 is 0 Å². The van der Waals surface area contributed by atoms with Gasteiger partial charge in [0.15, 0.2) is 0 Å². The van der Waals surface area contributed by atoms with Crippen LogP contribution in [0.2, 0.25) is 0 Å². The maximum absolute atomic E-state index is 11.6. The Morgan fingerprint density at radius 2 is 1.42 bits per heavy atom. The van der Waals surface area contributed by atoms with Crippen molar-refractivity contribution in [2.24, 2.45) is 16.7 Å². The highest BCUT2D eigenvalue weighted by atomic mass is 16.7. The first kappa shape index (κ1) is 18.3. The van der Waals surface area contributed by atoms with Crippen LogP contribution in [-0.2, 0) is 9.47 Å². The lowest BCUT2D eigenvalue weighted by Gasteiger charge is -2.35. The van der Waals surface area contributed by atoms with Crippen LogP contribution in [0.3, 0.4) is 0 Å². The molecule has 0 amide bonds. The third-order valence-electron chi connectivity index (χ3n) is 2.88. The summed E-state index contributed by atoms with van der Waals surface area (Å²) in [6, 6.07) is 0. The molecule has 19 heavy (non-hydrogen) atoms. The molecule has 0 radical (unpaired) electrons. The molecule has 1 atom stereocenters. The molecular weight excluding hydrogens is 240 g/mol. The van der Waals surface area contributed by atoms with Gasteiger partial charge < -0.3 is 9.47 Å². The van der Waals surface area contributed by atoms with E-state index in [1.54, 1.807) is 0 Å². The molecule has 0 aromatic carbocycles. The van der Waals surface area contributed by atoms with Crippen LogP contribution in [0.25, 0.3) is 0 Å². The summed E-state index contributed by atoms with van der Waals surface area (Å²) >= 11 is 0. The largest absolute Gasteiger partial charge is 0.508 e. The summed E-state index contributed by atoms with van der Waals surface area (Å²) in [5, 5.41) is 0. The molecule has 0 bridgehead atoms. The zero-order valence-electron chi connectivity index (χ0n) is 14.2. The fraction of sp³-hybridized carbons (Fsp3) is 0.938. The van der Waals surface area contributed by atoms with Gasteiger partial charge in [-0.25, -0.2) is 4.79 Å². The molecule has 0 aliphatic carbocycles. The predicted octanol–water partition coefficient (Wildman–Crippen LogP) is 5.04. The Kier molecular flexibility index (Phi) is 5.91. The lowest BCUT2D eigenvalue weighted by molar-refractivity contribution is -0.0251. The van der Waals surface area contributed by atoms with Gasteiger partial charge in [-0.15, -0.1) is 0 Å². The Hall–Kier alpha value is -0.730. The fourth-order valence-electron chi connectivity index (χ4n) is 1.80. The average Bonchev–Trinajstić information content (AvgIpc) is 2.05. The Balaban J connectivity index is 4.48. The summed E-state index contributed by atoms with van der Waals surface area (Å²) in [5.41, 5.74) is -0.178. The Morgan fingerprint density at radius 1 is 0.947 bits per heavy atom. The third-order valence-corrected chi connectivity index (χ3v) is 2.88. The number of carbonyl (C=O) groups excluding carboxylic acids is 1. The monoisotopic (exact) mass is 272 g/mol. The van der Waals surface area contributed by atoms with Gasteiger partial charge in [0.2, 0.25) is 0 Å². The molecule has 114 valence electrons. The molecule has 0 spiro atoms. The molecule has 0 saturated carbocycles. The second-order valence-electron chi connectivity index (χ2n) is 8.60. The maximum Gasteiger partial charge on any atom is 0.508 e. The van der Waals surface area contributed by atoms with E-state index in [0.29, 0.717) is 12.5 Å². The van der Waals surface area contributed by atoms with Gasteiger partial charge in [0.1, 0.15) is 5.60 Å². The zero-order chi connectivity index (χ0) is 15.5. The SMILES string of the molecule is CC(C)(C)CC(COC(=O)OC(C)(C)C)C(C)(C)C. The minimum absolute atomic E-state index is 0.106. The minimum atomic E-state index is -0.573. The topological polar surface area (TPSA) is 35.5 Å². The molecule has 0 rings (SSSR count). The van der Waals surface area contributed by atoms with Crippen LogP contribution in [-0.4, -0.2) is 18.4 Å². The van der Waals surface area contributed by atoms with E-state index in [9.17, 15) is 4.79 Å². The number of hydrogen-bond acceptors (Lipinski definition) is 3. The smallest absolute Gasteiger partial charge is 0.434 e. The van der Waals surface area contributed by atoms with Crippen molar-refractivity contribution in [2.45, 2.75) is 74.3 Å². The first-order valence-electron chi connectivity index (χ1n) is 7.06. The van der Waals surface area contributed by atoms with Crippen molar-refractivity contribution in [1.82, 2.24) is 0 Å². The van der Waals surface area contributed by atoms with Crippen LogP contribution in [0.15, 0.2) is 0 Å². The van der Waals surface area contributed by atoms with E-state index in [4.69, 9.17) is 9.47 Å². The van der Waals surface area contributed by atoms with Crippen LogP contribution in [0, 0.1) is 16.7 Å². The van der Waals surface area contributed by atoms with Crippen LogP contribution in [0.5, 0.6) is 0 Å². The lowest BCUT2D eigenvalue weighted by atomic mass is 9.72. The van der Waals surface area contributed by atoms with Gasteiger partial charge in [-0.2, -0.15) is 0 Å². The van der Waals surface area contributed by atoms with E-state index >= 15 is 0 Å². The second-order valence-corrected chi connectivity index (χ2v) is 8.60. The highest BCUT2D eigenvalue weighted by Gasteiger charge is 2.30. The standard InChI is InChI=1S/C16H32O3/c1-14(2,3)10-12(15(4,5)6)11-18-13(17)19-16(7,8)9/h12H,10-11H2,1-9H3. The highest BCUT2D eigenvalue weighted by Crippen LogP contribution is 2.36. The minimum Gasteiger partial charge on any atom is -0.434 e. The van der Waals surface area contributed by atoms with Crippen LogP contribution in [0.1, 0.15) is 68.7 Å². The van der Waals surface area contributed by atoms with Crippen LogP contribution >= 0.6 is 0 Å². The van der Waals surface area contributed by atoms with Gasteiger partial charge in [0, 0.05) is 0 Å². The average molecular weight is 272 g/mol. The number of ether oxygens (including phenoxy) is 2. The first-order chi connectivity index (χ1) is 8.21. The normalized spacial score (nSPS) is 15.0. The van der Waals surface area contributed by atoms with E-state index in [-0.39, 0.29) is 10.8 Å². The molecule has 3 heteroatoms. The van der Waals surface area contributed by atoms with Crippen molar-refractivity contribution in [3.63, 3.8) is 0 Å². The van der Waals surface area contributed by atoms with Gasteiger partial charge >= 0.3 is 6.16 Å². The first-order valence-corrected chi connectivity index (χ1v) is 7.06. The number of carbonyl (C=O) groups is 1. The second kappa shape index (κ2) is 6.15. The summed E-state index contributed by atoms with van der Waals surface area (Å²) in [5.74, 6) is 0.319. The van der Waals surface area contributed by atoms with Gasteiger partial charge in [-0.3, -0.25) is 0 Å². The molecule has 0 aliphatic rings. The van der Waals surface area contributed by atoms with E-state index in [1.807, 2.05) is 20.8 Å². The molecule has 0 aromatic rings. The summed E-state index contributed by atoms with van der Waals surface area (Å²) < 4.78 is 10.5. The third kappa shape index (κ3) is 9.80. The Morgan fingerprint density at radius 3 is 1.74 bits per heavy atom. The molecule has 0 aromatic heterocycles. The highest BCUT2D eigenvalue weighted by molar-refractivity contribution is 5.60. The predicted molar refractivity (Wildman–Crippen MR) is 79.2 cm³/mol. The van der Waals surface area contributed by atoms with Gasteiger partial charge in [0.05, 0.1) is 6.61 Å². The van der Waals surface area contributed by atoms with Gasteiger partial charge in [0.25, 0.3) is 0 Å². The van der Waals surface area contributed by atoms with Crippen molar-refractivity contribution in [2.75, 3.05) is 6.61 Å². The Bertz CT molecular complexity index is 287. The molecule has 0 heterocycles. The molecular formula is C16H32O3. The van der Waals surface area contributed by atoms with Crippen molar-refractivity contribution in [1.29, 1.82) is 0 Å². The van der Waals surface area contributed by atoms with Gasteiger partial charge in [-0.05, 0) is 43.9 Å². The molecule has 0 fully saturated rings. The van der Waals surface area contributed by atoms with E-state index in [0.717, 1.165) is 6.42 Å². The molecule has 0 saturated heterocycles. The van der Waals surface area contributed by atoms with E-state index in [2.05, 4.69) is 41.5 Å². The quantitative estimate of drug-likeness (QED) is 0.675. The molecule has 3 nitrogen and oxygen atoms in total. The van der Waals surface area contributed by atoms with Gasteiger partial charge in [-0.1, -0.05) is 41.5 Å². The van der Waals surface area contributed by atoms with E-state index in [1.165, 1.54) is 0 Å². The summed E-state index contributed by atoms with van der Waals surface area (Å²) in [6.45, 7) is 19.1. The van der Waals surface area contributed by atoms with Crippen molar-refractivity contribution in [3.8, 4) is 0 Å². The zero-order valence-corrected chi connectivity index (χ0v) is 14.2. The van der Waals surface area contributed by atoms with E-state index < -0.39 is 11.8 Å². The lowest BCUT2D eigenvalue weighted by Crippen LogP contribution is -2.32. The summed E-state index contributed by atoms with van der Waals surface area (Å²) in [4.78, 5) is 11.6. The van der Waals surface area contributed by atoms with Crippen molar-refractivity contribution < 1.29 is 14.3 Å². The van der Waals surface area contributed by atoms with Crippen molar-refractivity contribution in [3.05, 3.63) is 0 Å². The summed E-state index contributed by atoms with van der Waals surface area (Å²) in [7, 11) is 0. The molecule has 0 aliphatic heterocycles. The molecule has 0 N–H and O–H groups in total. The van der Waals surface area contributed by atoms with Crippen molar-refractivity contribution >= 4 is 6.16 Å². The maximum atomic E-state index is 11.6. The fourth-order valence-corrected chi connectivity index (χ4v) is 1.80. The molecule has 1 unspecified atom stereocenters. The Labute approximate surface area is 119 Å². The number of rotatable bonds is 3.